The molecular weight excluding hydrogens is 204 g/mol. The fourth-order valence-corrected chi connectivity index (χ4v) is 2.95. The van der Waals surface area contributed by atoms with Crippen molar-refractivity contribution in [1.82, 2.24) is 10.2 Å². The number of thioether (sulfide) groups is 1. The van der Waals surface area contributed by atoms with E-state index in [-0.39, 0.29) is 0 Å². The fourth-order valence-electron chi connectivity index (χ4n) is 2.03. The molecule has 0 amide bonds. The first-order valence-corrected chi connectivity index (χ1v) is 7.55. The van der Waals surface area contributed by atoms with Gasteiger partial charge in [0, 0.05) is 31.4 Å². The van der Waals surface area contributed by atoms with Crippen molar-refractivity contribution in [3.05, 3.63) is 0 Å². The maximum Gasteiger partial charge on any atom is 0.0107 e. The molecule has 0 spiro atoms. The molecule has 0 aromatic heterocycles. The molecule has 0 aromatic carbocycles. The third kappa shape index (κ3) is 5.79. The van der Waals surface area contributed by atoms with Crippen LogP contribution in [0.2, 0.25) is 0 Å². The molecule has 0 aromatic rings. The Morgan fingerprint density at radius 2 is 2.00 bits per heavy atom. The Morgan fingerprint density at radius 1 is 1.20 bits per heavy atom. The summed E-state index contributed by atoms with van der Waals surface area (Å²) < 4.78 is 0. The maximum absolute atomic E-state index is 3.64. The van der Waals surface area contributed by atoms with Gasteiger partial charge in [0.1, 0.15) is 0 Å². The minimum absolute atomic E-state index is 0.728. The van der Waals surface area contributed by atoms with Crippen molar-refractivity contribution in [3.63, 3.8) is 0 Å². The number of nitrogens with one attached hydrogen (secondary N) is 1. The van der Waals surface area contributed by atoms with Crippen LogP contribution in [0.3, 0.4) is 0 Å². The summed E-state index contributed by atoms with van der Waals surface area (Å²) in [5.74, 6) is 2.68. The van der Waals surface area contributed by atoms with E-state index in [9.17, 15) is 0 Å². The lowest BCUT2D eigenvalue weighted by Crippen LogP contribution is -2.37. The van der Waals surface area contributed by atoms with Crippen LogP contribution in [0.15, 0.2) is 0 Å². The van der Waals surface area contributed by atoms with Gasteiger partial charge in [0.2, 0.25) is 0 Å². The molecule has 1 fully saturated rings. The van der Waals surface area contributed by atoms with Crippen LogP contribution >= 0.6 is 11.8 Å². The molecule has 1 N–H and O–H groups in total. The lowest BCUT2D eigenvalue weighted by Gasteiger charge is -2.21. The van der Waals surface area contributed by atoms with Gasteiger partial charge in [-0.2, -0.15) is 11.8 Å². The molecular formula is C12H26N2S. The smallest absolute Gasteiger partial charge is 0.0107 e. The van der Waals surface area contributed by atoms with Crippen LogP contribution in [0, 0.1) is 0 Å². The molecule has 3 heteroatoms. The quantitative estimate of drug-likeness (QED) is 0.753. The normalized spacial score (nSPS) is 19.4. The van der Waals surface area contributed by atoms with E-state index in [1.54, 1.807) is 0 Å². The van der Waals surface area contributed by atoms with E-state index in [0.29, 0.717) is 0 Å². The molecule has 0 unspecified atom stereocenters. The summed E-state index contributed by atoms with van der Waals surface area (Å²) in [6.07, 6.45) is 3.88. The average molecular weight is 230 g/mol. The molecule has 0 radical (unpaired) electrons. The molecule has 0 saturated carbocycles. The predicted molar refractivity (Wildman–Crippen MR) is 70.8 cm³/mol. The lowest BCUT2D eigenvalue weighted by molar-refractivity contribution is 0.287. The van der Waals surface area contributed by atoms with E-state index in [2.05, 4.69) is 35.8 Å². The zero-order valence-electron chi connectivity index (χ0n) is 10.3. The second kappa shape index (κ2) is 8.43. The Bertz CT molecular complexity index is 141. The van der Waals surface area contributed by atoms with Gasteiger partial charge < -0.3 is 10.2 Å². The van der Waals surface area contributed by atoms with Crippen molar-refractivity contribution >= 4 is 11.8 Å². The second-order valence-corrected chi connectivity index (χ2v) is 5.50. The first-order valence-electron chi connectivity index (χ1n) is 6.40. The van der Waals surface area contributed by atoms with E-state index in [4.69, 9.17) is 0 Å². The average Bonchev–Trinajstić information content (AvgIpc) is 2.53. The van der Waals surface area contributed by atoms with Crippen molar-refractivity contribution in [1.29, 1.82) is 0 Å². The van der Waals surface area contributed by atoms with Crippen LogP contribution in [0.1, 0.15) is 33.1 Å². The molecule has 2 nitrogen and oxygen atoms in total. The summed E-state index contributed by atoms with van der Waals surface area (Å²) in [6, 6.07) is 0.728. The van der Waals surface area contributed by atoms with Gasteiger partial charge >= 0.3 is 0 Å². The Hall–Kier alpha value is 0.270. The third-order valence-corrected chi connectivity index (χ3v) is 4.21. The standard InChI is InChI=1S/C12H26N2S/c1-3-12(4-2)13-6-8-14-7-5-10-15-11-9-14/h12-13H,3-11H2,1-2H3. The SMILES string of the molecule is CCC(CC)NCCN1CCCSCC1. The van der Waals surface area contributed by atoms with Gasteiger partial charge in [-0.3, -0.25) is 0 Å². The van der Waals surface area contributed by atoms with Gasteiger partial charge in [0.25, 0.3) is 0 Å². The largest absolute Gasteiger partial charge is 0.313 e. The van der Waals surface area contributed by atoms with E-state index in [1.807, 2.05) is 0 Å². The Balaban J connectivity index is 2.07. The van der Waals surface area contributed by atoms with Gasteiger partial charge in [-0.25, -0.2) is 0 Å². The highest BCUT2D eigenvalue weighted by Gasteiger charge is 2.09. The van der Waals surface area contributed by atoms with Gasteiger partial charge in [0.05, 0.1) is 0 Å². The number of nitrogens with zero attached hydrogens (tertiary/aromatic N) is 1. The Kier molecular flexibility index (Phi) is 7.49. The number of hydrogen-bond acceptors (Lipinski definition) is 3. The van der Waals surface area contributed by atoms with Crippen LogP contribution in [0.25, 0.3) is 0 Å². The van der Waals surface area contributed by atoms with Crippen LogP contribution in [0.5, 0.6) is 0 Å². The summed E-state index contributed by atoms with van der Waals surface area (Å²) in [6.45, 7) is 9.52. The van der Waals surface area contributed by atoms with Crippen LogP contribution in [-0.2, 0) is 0 Å². The van der Waals surface area contributed by atoms with Crippen LogP contribution < -0.4 is 5.32 Å². The monoisotopic (exact) mass is 230 g/mol. The maximum atomic E-state index is 3.64. The van der Waals surface area contributed by atoms with Crippen LogP contribution in [0.4, 0.5) is 0 Å². The molecule has 1 aliphatic rings. The summed E-state index contributed by atoms with van der Waals surface area (Å²) in [5, 5.41) is 3.64. The minimum atomic E-state index is 0.728. The highest BCUT2D eigenvalue weighted by atomic mass is 32.2. The molecule has 1 rings (SSSR count). The van der Waals surface area contributed by atoms with Gasteiger partial charge in [0.15, 0.2) is 0 Å². The van der Waals surface area contributed by atoms with Gasteiger partial charge in [-0.15, -0.1) is 0 Å². The molecule has 0 atom stereocenters. The molecule has 1 saturated heterocycles. The van der Waals surface area contributed by atoms with Gasteiger partial charge in [-0.05, 0) is 31.6 Å². The lowest BCUT2D eigenvalue weighted by atomic mass is 10.2. The molecule has 90 valence electrons. The molecule has 0 bridgehead atoms. The summed E-state index contributed by atoms with van der Waals surface area (Å²) in [7, 11) is 0. The van der Waals surface area contributed by atoms with Gasteiger partial charge in [-0.1, -0.05) is 13.8 Å². The molecule has 1 aliphatic heterocycles. The van der Waals surface area contributed by atoms with E-state index >= 15 is 0 Å². The first-order chi connectivity index (χ1) is 7.36. The van der Waals surface area contributed by atoms with Crippen molar-refractivity contribution in [2.24, 2.45) is 0 Å². The molecule has 1 heterocycles. The van der Waals surface area contributed by atoms with E-state index < -0.39 is 0 Å². The fraction of sp³-hybridized carbons (Fsp3) is 1.00. The predicted octanol–water partition coefficient (Wildman–Crippen LogP) is 2.20. The zero-order valence-corrected chi connectivity index (χ0v) is 11.1. The summed E-state index contributed by atoms with van der Waals surface area (Å²) in [4.78, 5) is 2.61. The highest BCUT2D eigenvalue weighted by molar-refractivity contribution is 7.99. The highest BCUT2D eigenvalue weighted by Crippen LogP contribution is 2.09. The molecule has 0 aliphatic carbocycles. The first kappa shape index (κ1) is 13.3. The second-order valence-electron chi connectivity index (χ2n) is 4.28. The van der Waals surface area contributed by atoms with Crippen molar-refractivity contribution < 1.29 is 0 Å². The Morgan fingerprint density at radius 3 is 2.73 bits per heavy atom. The number of rotatable bonds is 6. The molecule has 15 heavy (non-hydrogen) atoms. The topological polar surface area (TPSA) is 15.3 Å². The summed E-state index contributed by atoms with van der Waals surface area (Å²) >= 11 is 2.11. The van der Waals surface area contributed by atoms with Crippen molar-refractivity contribution in [2.75, 3.05) is 37.7 Å². The summed E-state index contributed by atoms with van der Waals surface area (Å²) in [5.41, 5.74) is 0. The van der Waals surface area contributed by atoms with Crippen molar-refractivity contribution in [2.45, 2.75) is 39.2 Å². The van der Waals surface area contributed by atoms with E-state index in [0.717, 1.165) is 12.6 Å². The van der Waals surface area contributed by atoms with Crippen molar-refractivity contribution in [3.8, 4) is 0 Å². The number of hydrogen-bond donors (Lipinski definition) is 1. The van der Waals surface area contributed by atoms with Crippen LogP contribution in [-0.4, -0.2) is 48.6 Å². The Labute approximate surface area is 99.2 Å². The van der Waals surface area contributed by atoms with E-state index in [1.165, 1.54) is 50.4 Å². The zero-order chi connectivity index (χ0) is 10.9. The third-order valence-electron chi connectivity index (χ3n) is 3.16. The minimum Gasteiger partial charge on any atom is -0.313 e.